The number of nitrogens with zero attached hydrogens (tertiary/aromatic N) is 1. The van der Waals surface area contributed by atoms with Crippen LogP contribution in [0.25, 0.3) is 0 Å². The van der Waals surface area contributed by atoms with Gasteiger partial charge in [0.2, 0.25) is 0 Å². The fourth-order valence-electron chi connectivity index (χ4n) is 1.46. The first-order chi connectivity index (χ1) is 9.04. The highest BCUT2D eigenvalue weighted by Gasteiger charge is 2.14. The second-order valence-electron chi connectivity index (χ2n) is 3.93. The first-order valence-electron chi connectivity index (χ1n) is 5.72. The Morgan fingerprint density at radius 1 is 1.58 bits per heavy atom. The molecule has 1 unspecified atom stereocenters. The number of nitrogens with two attached hydrogens (primary N) is 1. The van der Waals surface area contributed by atoms with Gasteiger partial charge in [0.1, 0.15) is 11.8 Å². The lowest BCUT2D eigenvalue weighted by atomic mass is 10.1. The molecule has 6 nitrogen and oxygen atoms in total. The van der Waals surface area contributed by atoms with Crippen molar-refractivity contribution in [2.75, 3.05) is 6.54 Å². The molecule has 0 fully saturated rings. The number of nitrogens with one attached hydrogen (secondary N) is 1. The molecular weight excluding hydrogens is 270 g/mol. The molecule has 19 heavy (non-hydrogen) atoms. The van der Waals surface area contributed by atoms with E-state index in [1.165, 1.54) is 12.3 Å². The molecule has 1 atom stereocenters. The number of carboxylic acids is 1. The maximum atomic E-state index is 11.0. The van der Waals surface area contributed by atoms with Gasteiger partial charge in [-0.2, -0.15) is 0 Å². The SMILES string of the molecule is NNCCCC(N=Cc1ccc(Cl)cc1O)C(=O)O. The van der Waals surface area contributed by atoms with Gasteiger partial charge in [0, 0.05) is 23.3 Å². The third-order valence-electron chi connectivity index (χ3n) is 2.47. The number of rotatable bonds is 7. The normalized spacial score (nSPS) is 12.7. The zero-order valence-electron chi connectivity index (χ0n) is 10.2. The zero-order chi connectivity index (χ0) is 14.3. The van der Waals surface area contributed by atoms with Gasteiger partial charge < -0.3 is 10.2 Å². The predicted molar refractivity (Wildman–Crippen MR) is 73.6 cm³/mol. The quantitative estimate of drug-likeness (QED) is 0.260. The number of hydrogen-bond donors (Lipinski definition) is 4. The molecule has 1 aromatic carbocycles. The summed E-state index contributed by atoms with van der Waals surface area (Å²) in [7, 11) is 0. The number of phenolic OH excluding ortho intramolecular Hbond substituents is 1. The lowest BCUT2D eigenvalue weighted by Crippen LogP contribution is -2.25. The zero-order valence-corrected chi connectivity index (χ0v) is 11.0. The molecule has 5 N–H and O–H groups in total. The molecule has 7 heteroatoms. The summed E-state index contributed by atoms with van der Waals surface area (Å²) in [4.78, 5) is 15.0. The number of phenols is 1. The Balaban J connectivity index is 2.72. The molecule has 0 aliphatic heterocycles. The predicted octanol–water partition coefficient (Wildman–Crippen LogP) is 1.16. The second kappa shape index (κ2) is 7.73. The maximum Gasteiger partial charge on any atom is 0.328 e. The van der Waals surface area contributed by atoms with E-state index in [4.69, 9.17) is 22.6 Å². The van der Waals surface area contributed by atoms with Gasteiger partial charge in [0.15, 0.2) is 0 Å². The van der Waals surface area contributed by atoms with Crippen LogP contribution in [0, 0.1) is 0 Å². The van der Waals surface area contributed by atoms with Crippen LogP contribution in [-0.2, 0) is 4.79 Å². The van der Waals surface area contributed by atoms with Crippen molar-refractivity contribution < 1.29 is 15.0 Å². The van der Waals surface area contributed by atoms with E-state index < -0.39 is 12.0 Å². The van der Waals surface area contributed by atoms with Gasteiger partial charge >= 0.3 is 5.97 Å². The van der Waals surface area contributed by atoms with Gasteiger partial charge in [0.05, 0.1) is 0 Å². The number of aliphatic imine (C=N–C) groups is 1. The molecule has 0 saturated carbocycles. The van der Waals surface area contributed by atoms with Crippen molar-refractivity contribution in [1.29, 1.82) is 0 Å². The number of benzene rings is 1. The molecule has 1 aromatic rings. The van der Waals surface area contributed by atoms with Crippen LogP contribution in [0.15, 0.2) is 23.2 Å². The number of carbonyl (C=O) groups is 1. The number of halogens is 1. The lowest BCUT2D eigenvalue weighted by Gasteiger charge is -2.07. The van der Waals surface area contributed by atoms with Gasteiger partial charge in [-0.25, -0.2) is 4.79 Å². The average molecular weight is 286 g/mol. The minimum atomic E-state index is -1.01. The third kappa shape index (κ3) is 5.25. The molecule has 0 amide bonds. The van der Waals surface area contributed by atoms with Crippen LogP contribution in [0.4, 0.5) is 0 Å². The van der Waals surface area contributed by atoms with E-state index in [1.54, 1.807) is 12.1 Å². The Bertz CT molecular complexity index is 466. The molecule has 0 bridgehead atoms. The van der Waals surface area contributed by atoms with Crippen LogP contribution in [0.3, 0.4) is 0 Å². The third-order valence-corrected chi connectivity index (χ3v) is 2.70. The molecule has 0 saturated heterocycles. The molecule has 1 rings (SSSR count). The van der Waals surface area contributed by atoms with Crippen molar-refractivity contribution in [1.82, 2.24) is 5.43 Å². The van der Waals surface area contributed by atoms with E-state index in [9.17, 15) is 9.90 Å². The average Bonchev–Trinajstić information content (AvgIpc) is 2.35. The minimum Gasteiger partial charge on any atom is -0.507 e. The number of hydrazine groups is 1. The molecular formula is C12H16ClN3O3. The van der Waals surface area contributed by atoms with E-state index in [2.05, 4.69) is 10.4 Å². The van der Waals surface area contributed by atoms with E-state index in [-0.39, 0.29) is 5.75 Å². The molecule has 0 heterocycles. The number of hydrogen-bond acceptors (Lipinski definition) is 5. The van der Waals surface area contributed by atoms with Crippen LogP contribution in [0.5, 0.6) is 5.75 Å². The monoisotopic (exact) mass is 285 g/mol. The van der Waals surface area contributed by atoms with Gasteiger partial charge in [0.25, 0.3) is 0 Å². The Morgan fingerprint density at radius 2 is 2.32 bits per heavy atom. The van der Waals surface area contributed by atoms with Crippen molar-refractivity contribution in [3.63, 3.8) is 0 Å². The highest BCUT2D eigenvalue weighted by Crippen LogP contribution is 2.20. The molecule has 0 aromatic heterocycles. The van der Waals surface area contributed by atoms with Crippen molar-refractivity contribution in [2.24, 2.45) is 10.8 Å². The summed E-state index contributed by atoms with van der Waals surface area (Å²) >= 11 is 5.70. The van der Waals surface area contributed by atoms with E-state index in [0.717, 1.165) is 0 Å². The Hall–Kier alpha value is -1.63. The summed E-state index contributed by atoms with van der Waals surface area (Å²) in [6, 6.07) is 3.68. The van der Waals surface area contributed by atoms with Gasteiger partial charge in [-0.3, -0.25) is 16.3 Å². The van der Waals surface area contributed by atoms with E-state index >= 15 is 0 Å². The van der Waals surface area contributed by atoms with Crippen LogP contribution in [0.1, 0.15) is 18.4 Å². The first-order valence-corrected chi connectivity index (χ1v) is 6.10. The minimum absolute atomic E-state index is 0.0380. The Morgan fingerprint density at radius 3 is 2.89 bits per heavy atom. The highest BCUT2D eigenvalue weighted by molar-refractivity contribution is 6.30. The topological polar surface area (TPSA) is 108 Å². The van der Waals surface area contributed by atoms with Gasteiger partial charge in [-0.15, -0.1) is 0 Å². The van der Waals surface area contributed by atoms with E-state index in [1.807, 2.05) is 0 Å². The largest absolute Gasteiger partial charge is 0.507 e. The van der Waals surface area contributed by atoms with Gasteiger partial charge in [-0.1, -0.05) is 11.6 Å². The van der Waals surface area contributed by atoms with Crippen LogP contribution in [0.2, 0.25) is 5.02 Å². The Labute approximate surface area is 115 Å². The molecule has 0 aliphatic rings. The van der Waals surface area contributed by atoms with Gasteiger partial charge in [-0.05, 0) is 31.0 Å². The summed E-state index contributed by atoms with van der Waals surface area (Å²) in [5, 5.41) is 19.0. The fraction of sp³-hybridized carbons (Fsp3) is 0.333. The van der Waals surface area contributed by atoms with E-state index in [0.29, 0.717) is 30.0 Å². The van der Waals surface area contributed by atoms with Crippen molar-refractivity contribution in [3.05, 3.63) is 28.8 Å². The summed E-state index contributed by atoms with van der Waals surface area (Å²) in [6.45, 7) is 0.519. The maximum absolute atomic E-state index is 11.0. The number of aromatic hydroxyl groups is 1. The fourth-order valence-corrected chi connectivity index (χ4v) is 1.62. The summed E-state index contributed by atoms with van der Waals surface area (Å²) < 4.78 is 0. The van der Waals surface area contributed by atoms with Crippen LogP contribution in [-0.4, -0.2) is 35.0 Å². The molecule has 0 spiro atoms. The molecule has 0 aliphatic carbocycles. The van der Waals surface area contributed by atoms with Crippen LogP contribution < -0.4 is 11.3 Å². The lowest BCUT2D eigenvalue weighted by molar-refractivity contribution is -0.138. The highest BCUT2D eigenvalue weighted by atomic mass is 35.5. The van der Waals surface area contributed by atoms with Crippen LogP contribution >= 0.6 is 11.6 Å². The summed E-state index contributed by atoms with van der Waals surface area (Å²) in [5.74, 6) is 4.06. The number of carboxylic acid groups (broad SMARTS) is 1. The second-order valence-corrected chi connectivity index (χ2v) is 4.37. The van der Waals surface area contributed by atoms with Crippen molar-refractivity contribution in [2.45, 2.75) is 18.9 Å². The Kier molecular flexibility index (Phi) is 6.27. The van der Waals surface area contributed by atoms with Crippen molar-refractivity contribution in [3.8, 4) is 5.75 Å². The first kappa shape index (κ1) is 15.4. The van der Waals surface area contributed by atoms with Crippen molar-refractivity contribution >= 4 is 23.8 Å². The molecule has 104 valence electrons. The standard InChI is InChI=1S/C12H16ClN3O3/c13-9-4-3-8(11(17)6-9)7-15-10(12(18)19)2-1-5-16-14/h3-4,6-7,10,16-17H,1-2,5,14H2,(H,18,19). The molecule has 0 radical (unpaired) electrons. The summed E-state index contributed by atoms with van der Waals surface area (Å²) in [5.41, 5.74) is 2.88. The number of aliphatic carboxylic acids is 1. The smallest absolute Gasteiger partial charge is 0.328 e. The summed E-state index contributed by atoms with van der Waals surface area (Å²) in [6.07, 6.45) is 2.29.